The average Bonchev–Trinajstić information content (AvgIpc) is 3.41. The van der Waals surface area contributed by atoms with E-state index >= 15 is 4.39 Å². The van der Waals surface area contributed by atoms with E-state index in [4.69, 9.17) is 0 Å². The molecule has 0 unspecified atom stereocenters. The maximum absolute atomic E-state index is 15.5. The second-order valence-corrected chi connectivity index (χ2v) is 7.66. The molecule has 1 aliphatic carbocycles. The number of carboxylic acid groups (broad SMARTS) is 1. The summed E-state index contributed by atoms with van der Waals surface area (Å²) in [5.41, 5.74) is -1.48. The van der Waals surface area contributed by atoms with Gasteiger partial charge in [0, 0.05) is 30.9 Å². The molecule has 1 N–H and O–H groups in total. The van der Waals surface area contributed by atoms with E-state index in [1.54, 1.807) is 4.90 Å². The minimum atomic E-state index is -1.40. The van der Waals surface area contributed by atoms with Crippen molar-refractivity contribution in [3.8, 4) is 0 Å². The number of hydrogen-bond donors (Lipinski definition) is 1. The maximum Gasteiger partial charge on any atom is 0.341 e. The smallest absolute Gasteiger partial charge is 0.341 e. The number of fused-ring (bicyclic) bond motifs is 1. The van der Waals surface area contributed by atoms with Crippen LogP contribution < -0.4 is 10.3 Å². The van der Waals surface area contributed by atoms with Gasteiger partial charge in [-0.2, -0.15) is 0 Å². The third kappa shape index (κ3) is 2.62. The molecule has 1 aromatic carbocycles. The molecule has 8 heteroatoms. The number of halogens is 2. The highest BCUT2D eigenvalue weighted by Gasteiger charge is 2.40. The third-order valence-electron chi connectivity index (χ3n) is 5.74. The van der Waals surface area contributed by atoms with Crippen molar-refractivity contribution in [1.29, 1.82) is 0 Å². The molecule has 0 radical (unpaired) electrons. The van der Waals surface area contributed by atoms with Crippen LogP contribution in [-0.4, -0.2) is 53.3 Å². The molecule has 2 heterocycles. The summed E-state index contributed by atoms with van der Waals surface area (Å²) in [6.07, 6.45) is 2.73. The zero-order chi connectivity index (χ0) is 19.6. The quantitative estimate of drug-likeness (QED) is 0.887. The van der Waals surface area contributed by atoms with Crippen LogP contribution in [0.2, 0.25) is 0 Å². The highest BCUT2D eigenvalue weighted by Crippen LogP contribution is 2.41. The van der Waals surface area contributed by atoms with E-state index in [0.717, 1.165) is 18.9 Å². The highest BCUT2D eigenvalue weighted by atomic mass is 19.1. The van der Waals surface area contributed by atoms with Crippen molar-refractivity contribution in [3.05, 3.63) is 39.7 Å². The summed E-state index contributed by atoms with van der Waals surface area (Å²) in [6.45, 7) is 2.38. The number of anilines is 1. The lowest BCUT2D eigenvalue weighted by atomic mass is 9.95. The number of pyridine rings is 1. The molecule has 1 saturated carbocycles. The topological polar surface area (TPSA) is 65.8 Å². The van der Waals surface area contributed by atoms with Gasteiger partial charge in [0.1, 0.15) is 17.1 Å². The van der Waals surface area contributed by atoms with Crippen LogP contribution in [0.4, 0.5) is 14.5 Å². The number of carbonyl (C=O) groups is 1. The molecule has 1 saturated heterocycles. The molecule has 2 aromatic rings. The van der Waals surface area contributed by atoms with Crippen molar-refractivity contribution in [2.45, 2.75) is 37.9 Å². The normalized spacial score (nSPS) is 22.4. The summed E-state index contributed by atoms with van der Waals surface area (Å²) < 4.78 is 31.8. The maximum atomic E-state index is 15.5. The predicted molar refractivity (Wildman–Crippen MR) is 97.6 cm³/mol. The molecule has 2 fully saturated rings. The van der Waals surface area contributed by atoms with Crippen LogP contribution in [0.15, 0.2) is 17.1 Å². The van der Waals surface area contributed by atoms with E-state index in [1.807, 2.05) is 25.9 Å². The van der Waals surface area contributed by atoms with Crippen molar-refractivity contribution in [3.63, 3.8) is 0 Å². The Morgan fingerprint density at radius 2 is 1.96 bits per heavy atom. The van der Waals surface area contributed by atoms with Gasteiger partial charge in [-0.15, -0.1) is 0 Å². The molecular formula is C19H21F2N3O3. The summed E-state index contributed by atoms with van der Waals surface area (Å²) in [6, 6.07) is 1.01. The summed E-state index contributed by atoms with van der Waals surface area (Å²) in [7, 11) is 3.84. The molecular weight excluding hydrogens is 356 g/mol. The molecule has 6 nitrogen and oxygen atoms in total. The molecule has 27 heavy (non-hydrogen) atoms. The van der Waals surface area contributed by atoms with E-state index < -0.39 is 28.6 Å². The van der Waals surface area contributed by atoms with Gasteiger partial charge in [0.25, 0.3) is 0 Å². The first-order chi connectivity index (χ1) is 12.7. The Bertz CT molecular complexity index is 1010. The first-order valence-corrected chi connectivity index (χ1v) is 8.95. The summed E-state index contributed by atoms with van der Waals surface area (Å²) in [5, 5.41) is 9.06. The highest BCUT2D eigenvalue weighted by molar-refractivity contribution is 5.94. The van der Waals surface area contributed by atoms with Crippen molar-refractivity contribution < 1.29 is 18.7 Å². The Morgan fingerprint density at radius 3 is 2.48 bits per heavy atom. The largest absolute Gasteiger partial charge is 0.477 e. The van der Waals surface area contributed by atoms with Crippen LogP contribution in [-0.2, 0) is 0 Å². The van der Waals surface area contributed by atoms with Crippen LogP contribution in [0, 0.1) is 11.6 Å². The second kappa shape index (κ2) is 6.02. The van der Waals surface area contributed by atoms with E-state index in [0.29, 0.717) is 6.54 Å². The number of likely N-dealkylation sites (N-methyl/N-ethyl adjacent to an activating group) is 1. The Kier molecular flexibility index (Phi) is 3.99. The monoisotopic (exact) mass is 377 g/mol. The third-order valence-corrected chi connectivity index (χ3v) is 5.74. The molecule has 2 atom stereocenters. The number of hydrogen-bond acceptors (Lipinski definition) is 4. The molecule has 0 bridgehead atoms. The Balaban J connectivity index is 1.94. The fraction of sp³-hybridized carbons (Fsp3) is 0.474. The first kappa shape index (κ1) is 17.9. The predicted octanol–water partition coefficient (Wildman–Crippen LogP) is 2.45. The standard InChI is InChI=1S/C19H21F2N3O3/c1-9-14(22(2)3)8-23(9)17-13(20)6-11-16(15(17)21)24(10-4-5-10)7-12(18(11)25)19(26)27/h6-7,9-10,14H,4-5,8H2,1-3H3,(H,26,27)/t9-,14+/m1/s1. The van der Waals surface area contributed by atoms with E-state index in [1.165, 1.54) is 10.8 Å². The van der Waals surface area contributed by atoms with Gasteiger partial charge in [0.2, 0.25) is 5.43 Å². The Hall–Kier alpha value is -2.48. The molecule has 1 aliphatic heterocycles. The number of carboxylic acids is 1. The lowest BCUT2D eigenvalue weighted by molar-refractivity contribution is 0.0695. The van der Waals surface area contributed by atoms with Gasteiger partial charge in [0.15, 0.2) is 5.82 Å². The lowest BCUT2D eigenvalue weighted by Gasteiger charge is -2.50. The summed E-state index contributed by atoms with van der Waals surface area (Å²) in [4.78, 5) is 27.5. The Morgan fingerprint density at radius 1 is 1.30 bits per heavy atom. The fourth-order valence-corrected chi connectivity index (χ4v) is 3.97. The van der Waals surface area contributed by atoms with Crippen LogP contribution >= 0.6 is 0 Å². The van der Waals surface area contributed by atoms with Crippen LogP contribution in [0.3, 0.4) is 0 Å². The van der Waals surface area contributed by atoms with Gasteiger partial charge < -0.3 is 19.5 Å². The number of aromatic carboxylic acids is 1. The zero-order valence-electron chi connectivity index (χ0n) is 15.4. The molecule has 0 amide bonds. The van der Waals surface area contributed by atoms with E-state index in [9.17, 15) is 19.1 Å². The fourth-order valence-electron chi connectivity index (χ4n) is 3.97. The van der Waals surface area contributed by atoms with Gasteiger partial charge in [0.05, 0.1) is 10.9 Å². The van der Waals surface area contributed by atoms with Crippen molar-refractivity contribution in [1.82, 2.24) is 9.47 Å². The molecule has 2 aliphatic rings. The second-order valence-electron chi connectivity index (χ2n) is 7.66. The first-order valence-electron chi connectivity index (χ1n) is 8.95. The average molecular weight is 377 g/mol. The van der Waals surface area contributed by atoms with Crippen LogP contribution in [0.25, 0.3) is 10.9 Å². The van der Waals surface area contributed by atoms with Gasteiger partial charge in [-0.3, -0.25) is 4.79 Å². The SMILES string of the molecule is C[C@@H]1[C@@H](N(C)C)CN1c1c(F)cc2c(=O)c(C(=O)O)cn(C3CC3)c2c1F. The van der Waals surface area contributed by atoms with E-state index in [2.05, 4.69) is 0 Å². The molecule has 4 rings (SSSR count). The summed E-state index contributed by atoms with van der Waals surface area (Å²) >= 11 is 0. The molecule has 0 spiro atoms. The number of rotatable bonds is 4. The van der Waals surface area contributed by atoms with Gasteiger partial charge in [-0.1, -0.05) is 0 Å². The minimum Gasteiger partial charge on any atom is -0.477 e. The number of nitrogens with zero attached hydrogens (tertiary/aromatic N) is 3. The Labute approximate surface area is 154 Å². The number of aromatic nitrogens is 1. The van der Waals surface area contributed by atoms with Gasteiger partial charge in [-0.05, 0) is 39.9 Å². The summed E-state index contributed by atoms with van der Waals surface area (Å²) in [5.74, 6) is -3.03. The minimum absolute atomic E-state index is 0.00981. The molecule has 1 aromatic heterocycles. The van der Waals surface area contributed by atoms with Crippen molar-refractivity contribution in [2.24, 2.45) is 0 Å². The van der Waals surface area contributed by atoms with Crippen molar-refractivity contribution >= 4 is 22.6 Å². The van der Waals surface area contributed by atoms with Crippen molar-refractivity contribution in [2.75, 3.05) is 25.5 Å². The van der Waals surface area contributed by atoms with Gasteiger partial charge >= 0.3 is 5.97 Å². The number of benzene rings is 1. The van der Waals surface area contributed by atoms with E-state index in [-0.39, 0.29) is 34.7 Å². The lowest BCUT2D eigenvalue weighted by Crippen LogP contribution is -2.64. The van der Waals surface area contributed by atoms with Crippen LogP contribution in [0.1, 0.15) is 36.2 Å². The van der Waals surface area contributed by atoms with Crippen LogP contribution in [0.5, 0.6) is 0 Å². The molecule has 144 valence electrons. The zero-order valence-corrected chi connectivity index (χ0v) is 15.4. The van der Waals surface area contributed by atoms with Gasteiger partial charge in [-0.25, -0.2) is 13.6 Å².